The van der Waals surface area contributed by atoms with Crippen molar-refractivity contribution in [2.45, 2.75) is 45.2 Å². The average Bonchev–Trinajstić information content (AvgIpc) is 3.21. The van der Waals surface area contributed by atoms with Crippen molar-refractivity contribution >= 4 is 17.5 Å². The van der Waals surface area contributed by atoms with Crippen molar-refractivity contribution in [2.75, 3.05) is 11.9 Å². The van der Waals surface area contributed by atoms with E-state index in [0.29, 0.717) is 23.6 Å². The summed E-state index contributed by atoms with van der Waals surface area (Å²) in [5, 5.41) is 5.42. The van der Waals surface area contributed by atoms with E-state index in [4.69, 9.17) is 0 Å². The number of nitrogens with one attached hydrogen (secondary N) is 2. The van der Waals surface area contributed by atoms with Crippen molar-refractivity contribution < 1.29 is 22.8 Å². The average molecular weight is 419 g/mol. The van der Waals surface area contributed by atoms with E-state index in [1.54, 1.807) is 19.1 Å². The van der Waals surface area contributed by atoms with Gasteiger partial charge in [-0.3, -0.25) is 9.59 Å². The van der Waals surface area contributed by atoms with Gasteiger partial charge in [0.15, 0.2) is 0 Å². The number of hydrogen-bond acceptors (Lipinski definition) is 3. The maximum absolute atomic E-state index is 12.6. The highest BCUT2D eigenvalue weighted by Gasteiger charge is 2.32. The fraction of sp³-hybridized carbons (Fsp3) is 0.409. The first kappa shape index (κ1) is 21.8. The molecule has 1 fully saturated rings. The maximum Gasteiger partial charge on any atom is 0.433 e. The first-order valence-corrected chi connectivity index (χ1v) is 9.97. The number of rotatable bonds is 6. The smallest absolute Gasteiger partial charge is 0.352 e. The van der Waals surface area contributed by atoms with Gasteiger partial charge in [-0.2, -0.15) is 13.2 Å². The van der Waals surface area contributed by atoms with Gasteiger partial charge in [-0.1, -0.05) is 31.7 Å². The quantitative estimate of drug-likeness (QED) is 0.694. The van der Waals surface area contributed by atoms with Crippen LogP contribution >= 0.6 is 0 Å². The summed E-state index contributed by atoms with van der Waals surface area (Å²) in [6.45, 7) is 2.32. The second-order valence-electron chi connectivity index (χ2n) is 7.61. The van der Waals surface area contributed by atoms with Crippen LogP contribution in [0.15, 0.2) is 36.5 Å². The lowest BCUT2D eigenvalue weighted by molar-refractivity contribution is -0.141. The Kier molecular flexibility index (Phi) is 6.74. The standard InChI is InChI=1S/C22H24F3N3O2/c1-14-6-7-16(20(29)26-11-10-15-4-2-3-5-15)12-18(14)21(30)28-17-8-9-19(27-13-17)22(23,24)25/h6-9,12-13,15H,2-5,10-11H2,1H3,(H,26,29)(H,28,30). The zero-order valence-corrected chi connectivity index (χ0v) is 16.7. The van der Waals surface area contributed by atoms with Crippen LogP contribution in [0, 0.1) is 12.8 Å². The van der Waals surface area contributed by atoms with Gasteiger partial charge >= 0.3 is 6.18 Å². The molecule has 5 nitrogen and oxygen atoms in total. The third kappa shape index (κ3) is 5.58. The van der Waals surface area contributed by atoms with Crippen molar-refractivity contribution in [3.63, 3.8) is 0 Å². The Labute approximate surface area is 173 Å². The number of aryl methyl sites for hydroxylation is 1. The molecule has 2 amide bonds. The molecular weight excluding hydrogens is 395 g/mol. The van der Waals surface area contributed by atoms with Crippen LogP contribution in [0.2, 0.25) is 0 Å². The first-order valence-electron chi connectivity index (χ1n) is 9.97. The first-order chi connectivity index (χ1) is 14.2. The molecule has 0 spiro atoms. The van der Waals surface area contributed by atoms with Gasteiger partial charge in [-0.15, -0.1) is 0 Å². The van der Waals surface area contributed by atoms with Crippen LogP contribution in [0.4, 0.5) is 18.9 Å². The van der Waals surface area contributed by atoms with Crippen LogP contribution in [0.25, 0.3) is 0 Å². The molecule has 1 aliphatic rings. The summed E-state index contributed by atoms with van der Waals surface area (Å²) in [7, 11) is 0. The highest BCUT2D eigenvalue weighted by molar-refractivity contribution is 6.07. The van der Waals surface area contributed by atoms with Crippen molar-refractivity contribution in [3.05, 3.63) is 58.9 Å². The summed E-state index contributed by atoms with van der Waals surface area (Å²) < 4.78 is 37.8. The van der Waals surface area contributed by atoms with E-state index in [1.807, 2.05) is 0 Å². The second kappa shape index (κ2) is 9.28. The number of anilines is 1. The van der Waals surface area contributed by atoms with Crippen LogP contribution < -0.4 is 10.6 Å². The monoisotopic (exact) mass is 419 g/mol. The fourth-order valence-electron chi connectivity index (χ4n) is 3.63. The van der Waals surface area contributed by atoms with Crippen LogP contribution in [0.1, 0.15) is 64.1 Å². The van der Waals surface area contributed by atoms with Gasteiger partial charge in [0.1, 0.15) is 5.69 Å². The minimum atomic E-state index is -4.54. The lowest BCUT2D eigenvalue weighted by Crippen LogP contribution is -2.26. The zero-order chi connectivity index (χ0) is 21.7. The molecule has 2 aromatic rings. The van der Waals surface area contributed by atoms with E-state index >= 15 is 0 Å². The van der Waals surface area contributed by atoms with E-state index in [1.165, 1.54) is 31.7 Å². The third-order valence-electron chi connectivity index (χ3n) is 5.37. The van der Waals surface area contributed by atoms with Gasteiger partial charge in [0.05, 0.1) is 11.9 Å². The Morgan fingerprint density at radius 2 is 1.83 bits per heavy atom. The second-order valence-corrected chi connectivity index (χ2v) is 7.61. The van der Waals surface area contributed by atoms with E-state index in [-0.39, 0.29) is 17.2 Å². The minimum Gasteiger partial charge on any atom is -0.352 e. The number of benzene rings is 1. The molecule has 1 heterocycles. The molecule has 8 heteroatoms. The molecule has 1 saturated carbocycles. The topological polar surface area (TPSA) is 71.1 Å². The molecule has 3 rings (SSSR count). The van der Waals surface area contributed by atoms with Gasteiger partial charge in [0, 0.05) is 17.7 Å². The van der Waals surface area contributed by atoms with Crippen molar-refractivity contribution in [2.24, 2.45) is 5.92 Å². The minimum absolute atomic E-state index is 0.138. The summed E-state index contributed by atoms with van der Waals surface area (Å²) in [4.78, 5) is 28.3. The Balaban J connectivity index is 1.63. The number of aromatic nitrogens is 1. The normalized spacial score (nSPS) is 14.5. The molecule has 0 aliphatic heterocycles. The Bertz CT molecular complexity index is 905. The van der Waals surface area contributed by atoms with Gasteiger partial charge in [0.25, 0.3) is 11.8 Å². The number of alkyl halides is 3. The number of hydrogen-bond donors (Lipinski definition) is 2. The highest BCUT2D eigenvalue weighted by atomic mass is 19.4. The molecule has 1 aliphatic carbocycles. The largest absolute Gasteiger partial charge is 0.433 e. The van der Waals surface area contributed by atoms with Crippen LogP contribution in [-0.2, 0) is 6.18 Å². The molecular formula is C22H24F3N3O2. The van der Waals surface area contributed by atoms with Crippen molar-refractivity contribution in [1.82, 2.24) is 10.3 Å². The number of amides is 2. The summed E-state index contributed by atoms with van der Waals surface area (Å²) in [6.07, 6.45) is 2.29. The molecule has 1 aromatic heterocycles. The van der Waals surface area contributed by atoms with Crippen LogP contribution in [0.3, 0.4) is 0 Å². The maximum atomic E-state index is 12.6. The lowest BCUT2D eigenvalue weighted by atomic mass is 10.0. The molecule has 30 heavy (non-hydrogen) atoms. The number of pyridine rings is 1. The van der Waals surface area contributed by atoms with Crippen molar-refractivity contribution in [3.8, 4) is 0 Å². The van der Waals surface area contributed by atoms with E-state index in [2.05, 4.69) is 15.6 Å². The lowest BCUT2D eigenvalue weighted by Gasteiger charge is -2.12. The summed E-state index contributed by atoms with van der Waals surface area (Å²) in [5.74, 6) is -0.102. The zero-order valence-electron chi connectivity index (χ0n) is 16.7. The van der Waals surface area contributed by atoms with Gasteiger partial charge < -0.3 is 10.6 Å². The predicted molar refractivity (Wildman–Crippen MR) is 107 cm³/mol. The molecule has 1 aromatic carbocycles. The number of carbonyl (C=O) groups excluding carboxylic acids is 2. The summed E-state index contributed by atoms with van der Waals surface area (Å²) in [6, 6.07) is 6.76. The van der Waals surface area contributed by atoms with Gasteiger partial charge in [-0.25, -0.2) is 4.98 Å². The number of halogens is 3. The molecule has 0 atom stereocenters. The molecule has 0 bridgehead atoms. The van der Waals surface area contributed by atoms with Crippen molar-refractivity contribution in [1.29, 1.82) is 0 Å². The Morgan fingerprint density at radius 1 is 1.10 bits per heavy atom. The molecule has 160 valence electrons. The molecule has 0 unspecified atom stereocenters. The van der Waals surface area contributed by atoms with Crippen LogP contribution in [-0.4, -0.2) is 23.3 Å². The molecule has 0 saturated heterocycles. The Morgan fingerprint density at radius 3 is 2.47 bits per heavy atom. The van der Waals surface area contributed by atoms with Crippen LogP contribution in [0.5, 0.6) is 0 Å². The SMILES string of the molecule is Cc1ccc(C(=O)NCCC2CCCC2)cc1C(=O)Nc1ccc(C(F)(F)F)nc1. The number of nitrogens with zero attached hydrogens (tertiary/aromatic N) is 1. The van der Waals surface area contributed by atoms with Gasteiger partial charge in [0.2, 0.25) is 0 Å². The predicted octanol–water partition coefficient (Wildman–Crippen LogP) is 4.97. The molecule has 2 N–H and O–H groups in total. The number of carbonyl (C=O) groups is 2. The van der Waals surface area contributed by atoms with E-state index in [0.717, 1.165) is 24.8 Å². The van der Waals surface area contributed by atoms with Gasteiger partial charge in [-0.05, 0) is 49.1 Å². The fourth-order valence-corrected chi connectivity index (χ4v) is 3.63. The summed E-state index contributed by atoms with van der Waals surface area (Å²) >= 11 is 0. The summed E-state index contributed by atoms with van der Waals surface area (Å²) in [5.41, 5.74) is 0.391. The Hall–Kier alpha value is -2.90. The van der Waals surface area contributed by atoms with E-state index in [9.17, 15) is 22.8 Å². The third-order valence-corrected chi connectivity index (χ3v) is 5.37. The molecule has 0 radical (unpaired) electrons. The van der Waals surface area contributed by atoms with E-state index < -0.39 is 17.8 Å². The highest BCUT2D eigenvalue weighted by Crippen LogP contribution is 2.28.